The fourth-order valence-corrected chi connectivity index (χ4v) is 5.55. The van der Waals surface area contributed by atoms with E-state index < -0.39 is 59.4 Å². The predicted molar refractivity (Wildman–Crippen MR) is 195 cm³/mol. The van der Waals surface area contributed by atoms with E-state index in [4.69, 9.17) is 14.2 Å². The molecule has 3 aromatic carbocycles. The summed E-state index contributed by atoms with van der Waals surface area (Å²) in [7, 11) is 3.02. The average Bonchev–Trinajstić information content (AvgIpc) is 3.13. The minimum atomic E-state index is -4.52. The van der Waals surface area contributed by atoms with Gasteiger partial charge in [0.25, 0.3) is 11.8 Å². The van der Waals surface area contributed by atoms with E-state index in [2.05, 4.69) is 5.32 Å². The zero-order valence-electron chi connectivity index (χ0n) is 31.5. The number of esters is 3. The summed E-state index contributed by atoms with van der Waals surface area (Å²) in [6.45, 7) is 10.2. The number of carbonyl (C=O) groups excluding carboxylic acids is 5. The minimum Gasteiger partial charge on any atom is -0.465 e. The largest absolute Gasteiger partial charge is 0.465 e. The van der Waals surface area contributed by atoms with Crippen molar-refractivity contribution in [1.29, 1.82) is 0 Å². The van der Waals surface area contributed by atoms with Crippen molar-refractivity contribution in [3.05, 3.63) is 89.0 Å². The maximum Gasteiger partial charge on any atom is 0.416 e. The fraction of sp³-hybridized carbons (Fsp3) is 0.425. The molecule has 0 radical (unpaired) electrons. The highest BCUT2D eigenvalue weighted by Gasteiger charge is 2.54. The molecule has 0 aliphatic carbocycles. The summed E-state index contributed by atoms with van der Waals surface area (Å²) in [6, 6.07) is 15.1. The molecule has 0 aliphatic rings. The number of alkyl halides is 3. The highest BCUT2D eigenvalue weighted by molar-refractivity contribution is 6.12. The Labute approximate surface area is 309 Å². The van der Waals surface area contributed by atoms with Crippen LogP contribution in [0, 0.1) is 11.3 Å². The van der Waals surface area contributed by atoms with E-state index in [0.717, 1.165) is 12.1 Å². The number of hydrogen-bond acceptors (Lipinski definition) is 8. The highest BCUT2D eigenvalue weighted by Crippen LogP contribution is 2.36. The molecule has 0 aliphatic heterocycles. The molecule has 1 atom stereocenters. The summed E-state index contributed by atoms with van der Waals surface area (Å²) in [5.41, 5.74) is -1.29. The third kappa shape index (κ3) is 11.1. The lowest BCUT2D eigenvalue weighted by molar-refractivity contribution is -0.183. The Bertz CT molecular complexity index is 1700. The molecular formula is C40H49F3N2O8. The van der Waals surface area contributed by atoms with Crippen molar-refractivity contribution in [3.63, 3.8) is 0 Å². The second-order valence-corrected chi connectivity index (χ2v) is 12.1. The van der Waals surface area contributed by atoms with E-state index in [9.17, 15) is 37.1 Å². The first-order valence-corrected chi connectivity index (χ1v) is 17.5. The Morgan fingerprint density at radius 3 is 1.91 bits per heavy atom. The molecule has 13 heteroatoms. The quantitative estimate of drug-likeness (QED) is 0.0943. The van der Waals surface area contributed by atoms with Crippen LogP contribution in [0.25, 0.3) is 11.1 Å². The lowest BCUT2D eigenvalue weighted by Crippen LogP contribution is -2.51. The maximum absolute atomic E-state index is 13.6. The number of nitrogens with zero attached hydrogens (tertiary/aromatic N) is 1. The Morgan fingerprint density at radius 2 is 1.38 bits per heavy atom. The van der Waals surface area contributed by atoms with Gasteiger partial charge in [-0.2, -0.15) is 13.2 Å². The summed E-state index contributed by atoms with van der Waals surface area (Å²) in [5.74, 6) is -4.19. The zero-order valence-corrected chi connectivity index (χ0v) is 31.5. The van der Waals surface area contributed by atoms with Gasteiger partial charge in [0.2, 0.25) is 5.41 Å². The van der Waals surface area contributed by atoms with Crippen LogP contribution in [0.2, 0.25) is 0 Å². The summed E-state index contributed by atoms with van der Waals surface area (Å²) < 4.78 is 55.4. The second-order valence-electron chi connectivity index (χ2n) is 12.1. The van der Waals surface area contributed by atoms with Crippen LogP contribution < -0.4 is 5.32 Å². The number of amides is 2. The predicted octanol–water partition coefficient (Wildman–Crippen LogP) is 7.99. The molecule has 0 fully saturated rings. The molecule has 3 rings (SSSR count). The molecule has 0 bridgehead atoms. The molecule has 3 aromatic rings. The number of hydrogen-bond donors (Lipinski definition) is 1. The van der Waals surface area contributed by atoms with Crippen LogP contribution in [0.4, 0.5) is 18.9 Å². The van der Waals surface area contributed by atoms with Crippen molar-refractivity contribution in [2.45, 2.75) is 67.0 Å². The van der Waals surface area contributed by atoms with E-state index in [-0.39, 0.29) is 36.4 Å². The zero-order chi connectivity index (χ0) is 39.9. The van der Waals surface area contributed by atoms with Gasteiger partial charge in [-0.15, -0.1) is 0 Å². The van der Waals surface area contributed by atoms with Gasteiger partial charge in [0.1, 0.15) is 6.61 Å². The van der Waals surface area contributed by atoms with Crippen molar-refractivity contribution >= 4 is 35.4 Å². The Morgan fingerprint density at radius 1 is 0.792 bits per heavy atom. The smallest absolute Gasteiger partial charge is 0.416 e. The van der Waals surface area contributed by atoms with Crippen molar-refractivity contribution in [2.24, 2.45) is 11.3 Å². The number of rotatable bonds is 15. The van der Waals surface area contributed by atoms with Gasteiger partial charge in [-0.3, -0.25) is 24.0 Å². The monoisotopic (exact) mass is 742 g/mol. The highest BCUT2D eigenvalue weighted by atomic mass is 19.4. The standard InChI is InChI=1S/C38H43F3N2O8.C2H6/c1-7-12-24(4)37(35(47)49-8-2,36(48)50-9-3)23-51-32(44)22-25-15-20-31(30(21-25)34(46)43(5)6)42-33(45)29-14-11-10-13-28(29)26-16-18-27(19-17-26)38(39,40)41;1-2/h10-11,13-21,24H,7-9,12,22-23H2,1-6H3,(H,42,45);1-2H3. The molecule has 0 saturated heterocycles. The van der Waals surface area contributed by atoms with Gasteiger partial charge in [-0.05, 0) is 73.2 Å². The van der Waals surface area contributed by atoms with E-state index in [1.807, 2.05) is 20.8 Å². The van der Waals surface area contributed by atoms with Crippen LogP contribution in [-0.4, -0.2) is 68.5 Å². The Hall–Kier alpha value is -5.20. The first kappa shape index (κ1) is 44.0. The Balaban J connectivity index is 0.00000477. The summed E-state index contributed by atoms with van der Waals surface area (Å²) >= 11 is 0. The van der Waals surface area contributed by atoms with Crippen LogP contribution in [0.3, 0.4) is 0 Å². The Kier molecular flexibility index (Phi) is 16.7. The SMILES string of the molecule is CC.CCCC(C)C(COC(=O)Cc1ccc(NC(=O)c2ccccc2-c2ccc(C(F)(F)F)cc2)c(C(=O)N(C)C)c1)(C(=O)OCC)C(=O)OCC. The van der Waals surface area contributed by atoms with Crippen molar-refractivity contribution in [2.75, 3.05) is 39.2 Å². The third-order valence-electron chi connectivity index (χ3n) is 8.32. The van der Waals surface area contributed by atoms with E-state index in [1.54, 1.807) is 39.0 Å². The number of benzene rings is 3. The van der Waals surface area contributed by atoms with Crippen molar-refractivity contribution < 1.29 is 51.4 Å². The molecule has 1 unspecified atom stereocenters. The molecular weight excluding hydrogens is 693 g/mol. The van der Waals surface area contributed by atoms with E-state index in [1.165, 1.54) is 55.4 Å². The van der Waals surface area contributed by atoms with Gasteiger partial charge in [-0.25, -0.2) is 0 Å². The summed E-state index contributed by atoms with van der Waals surface area (Å²) in [4.78, 5) is 67.7. The number of anilines is 1. The summed E-state index contributed by atoms with van der Waals surface area (Å²) in [5, 5.41) is 2.72. The molecule has 0 heterocycles. The fourth-order valence-electron chi connectivity index (χ4n) is 5.55. The van der Waals surface area contributed by atoms with Crippen LogP contribution in [0.1, 0.15) is 86.2 Å². The van der Waals surface area contributed by atoms with Crippen molar-refractivity contribution in [3.8, 4) is 11.1 Å². The molecule has 0 spiro atoms. The lowest BCUT2D eigenvalue weighted by Gasteiger charge is -2.33. The molecule has 10 nitrogen and oxygen atoms in total. The van der Waals surface area contributed by atoms with E-state index in [0.29, 0.717) is 29.5 Å². The van der Waals surface area contributed by atoms with Gasteiger partial charge in [-0.1, -0.05) is 70.5 Å². The number of halogens is 3. The van der Waals surface area contributed by atoms with Gasteiger partial charge in [0.05, 0.1) is 36.4 Å². The van der Waals surface area contributed by atoms with Crippen LogP contribution in [0.15, 0.2) is 66.7 Å². The van der Waals surface area contributed by atoms with Gasteiger partial charge in [0, 0.05) is 19.7 Å². The van der Waals surface area contributed by atoms with Gasteiger partial charge < -0.3 is 24.4 Å². The first-order valence-electron chi connectivity index (χ1n) is 17.5. The molecule has 1 N–H and O–H groups in total. The minimum absolute atomic E-state index is 0.00100. The average molecular weight is 743 g/mol. The first-order chi connectivity index (χ1) is 25.1. The van der Waals surface area contributed by atoms with Crippen LogP contribution >= 0.6 is 0 Å². The molecule has 0 aromatic heterocycles. The third-order valence-corrected chi connectivity index (χ3v) is 8.32. The number of nitrogens with one attached hydrogen (secondary N) is 1. The molecule has 2 amide bonds. The van der Waals surface area contributed by atoms with Gasteiger partial charge in [0.15, 0.2) is 0 Å². The van der Waals surface area contributed by atoms with E-state index >= 15 is 0 Å². The second kappa shape index (κ2) is 20.1. The molecule has 288 valence electrons. The van der Waals surface area contributed by atoms with Crippen LogP contribution in [-0.2, 0) is 41.2 Å². The topological polar surface area (TPSA) is 128 Å². The van der Waals surface area contributed by atoms with Gasteiger partial charge >= 0.3 is 24.1 Å². The molecule has 53 heavy (non-hydrogen) atoms. The lowest BCUT2D eigenvalue weighted by atomic mass is 9.74. The number of ether oxygens (including phenoxy) is 3. The maximum atomic E-state index is 13.6. The molecule has 0 saturated carbocycles. The van der Waals surface area contributed by atoms with Crippen LogP contribution in [0.5, 0.6) is 0 Å². The number of carbonyl (C=O) groups is 5. The summed E-state index contributed by atoms with van der Waals surface area (Å²) in [6.07, 6.45) is -3.77. The normalized spacial score (nSPS) is 11.7. The van der Waals surface area contributed by atoms with Crippen molar-refractivity contribution in [1.82, 2.24) is 4.90 Å².